The Hall–Kier alpha value is -2.95. The molecule has 1 saturated carbocycles. The van der Waals surface area contributed by atoms with Gasteiger partial charge in [0.2, 0.25) is 5.91 Å². The number of nitrogens with one attached hydrogen (secondary N) is 2. The SMILES string of the molecule is O=C(N[C@@H]1CN(CC2CC2)C[C@@H]1C(=O)NO)c1ccc(CN2CCS(=O)(=O)c3ccccc32)cc1. The summed E-state index contributed by atoms with van der Waals surface area (Å²) in [4.78, 5) is 29.7. The first-order chi connectivity index (χ1) is 16.8. The smallest absolute Gasteiger partial charge is 0.251 e. The second-order valence-electron chi connectivity index (χ2n) is 9.73. The van der Waals surface area contributed by atoms with E-state index in [9.17, 15) is 18.0 Å². The number of para-hydroxylation sites is 1. The summed E-state index contributed by atoms with van der Waals surface area (Å²) in [5.74, 6) is -0.501. The number of hydroxylamine groups is 1. The molecule has 2 atom stereocenters. The highest BCUT2D eigenvalue weighted by atomic mass is 32.2. The molecular weight excluding hydrogens is 468 g/mol. The zero-order valence-electron chi connectivity index (χ0n) is 19.4. The van der Waals surface area contributed by atoms with E-state index in [0.29, 0.717) is 48.2 Å². The first-order valence-electron chi connectivity index (χ1n) is 12.0. The summed E-state index contributed by atoms with van der Waals surface area (Å²) < 4.78 is 24.8. The maximum Gasteiger partial charge on any atom is 0.251 e. The lowest BCUT2D eigenvalue weighted by atomic mass is 10.0. The Labute approximate surface area is 205 Å². The molecule has 0 unspecified atom stereocenters. The second-order valence-corrected chi connectivity index (χ2v) is 11.8. The number of benzene rings is 2. The Kier molecular flexibility index (Phi) is 6.52. The highest BCUT2D eigenvalue weighted by molar-refractivity contribution is 7.91. The van der Waals surface area contributed by atoms with Crippen molar-refractivity contribution < 1.29 is 23.2 Å². The fourth-order valence-corrected chi connectivity index (χ4v) is 6.52. The number of fused-ring (bicyclic) bond motifs is 1. The molecule has 3 N–H and O–H groups in total. The number of hydrogen-bond acceptors (Lipinski definition) is 7. The lowest BCUT2D eigenvalue weighted by Crippen LogP contribution is -2.45. The van der Waals surface area contributed by atoms with Crippen LogP contribution in [0.2, 0.25) is 0 Å². The number of sulfone groups is 1. The first kappa shape index (κ1) is 23.8. The average Bonchev–Trinajstić information content (AvgIpc) is 3.59. The first-order valence-corrected chi connectivity index (χ1v) is 13.6. The molecule has 2 fully saturated rings. The van der Waals surface area contributed by atoms with Crippen LogP contribution in [0.1, 0.15) is 28.8 Å². The van der Waals surface area contributed by atoms with Crippen LogP contribution >= 0.6 is 0 Å². The fourth-order valence-electron chi connectivity index (χ4n) is 5.03. The fraction of sp³-hybridized carbons (Fsp3) is 0.440. The van der Waals surface area contributed by atoms with Crippen molar-refractivity contribution in [1.82, 2.24) is 15.7 Å². The lowest BCUT2D eigenvalue weighted by Gasteiger charge is -2.31. The van der Waals surface area contributed by atoms with Gasteiger partial charge in [0, 0.05) is 38.3 Å². The third-order valence-corrected chi connectivity index (χ3v) is 8.87. The van der Waals surface area contributed by atoms with Crippen LogP contribution in [0.15, 0.2) is 53.4 Å². The van der Waals surface area contributed by atoms with Gasteiger partial charge in [-0.1, -0.05) is 24.3 Å². The Morgan fingerprint density at radius 2 is 1.77 bits per heavy atom. The zero-order chi connectivity index (χ0) is 24.6. The molecule has 0 spiro atoms. The van der Waals surface area contributed by atoms with Crippen molar-refractivity contribution in [3.63, 3.8) is 0 Å². The van der Waals surface area contributed by atoms with E-state index in [1.54, 1.807) is 29.7 Å². The maximum atomic E-state index is 12.9. The van der Waals surface area contributed by atoms with Gasteiger partial charge >= 0.3 is 0 Å². The van der Waals surface area contributed by atoms with Crippen molar-refractivity contribution in [3.8, 4) is 0 Å². The van der Waals surface area contributed by atoms with Crippen molar-refractivity contribution in [2.45, 2.75) is 30.3 Å². The van der Waals surface area contributed by atoms with E-state index in [1.807, 2.05) is 29.2 Å². The predicted octanol–water partition coefficient (Wildman–Crippen LogP) is 1.43. The molecule has 9 nitrogen and oxygen atoms in total. The summed E-state index contributed by atoms with van der Waals surface area (Å²) in [6.45, 7) is 2.95. The van der Waals surface area contributed by atoms with Crippen LogP contribution in [0, 0.1) is 11.8 Å². The minimum Gasteiger partial charge on any atom is -0.365 e. The molecule has 0 aromatic heterocycles. The van der Waals surface area contributed by atoms with Crippen LogP contribution < -0.4 is 15.7 Å². The highest BCUT2D eigenvalue weighted by Crippen LogP contribution is 2.32. The van der Waals surface area contributed by atoms with Crippen LogP contribution in [-0.4, -0.2) is 68.3 Å². The van der Waals surface area contributed by atoms with Crippen LogP contribution in [0.25, 0.3) is 0 Å². The molecule has 0 bridgehead atoms. The van der Waals surface area contributed by atoms with E-state index in [-0.39, 0.29) is 17.7 Å². The van der Waals surface area contributed by atoms with E-state index < -0.39 is 21.7 Å². The van der Waals surface area contributed by atoms with E-state index in [2.05, 4.69) is 10.2 Å². The summed E-state index contributed by atoms with van der Waals surface area (Å²) in [6, 6.07) is 13.9. The summed E-state index contributed by atoms with van der Waals surface area (Å²) in [7, 11) is -3.26. The van der Waals surface area contributed by atoms with E-state index in [1.165, 1.54) is 12.8 Å². The largest absolute Gasteiger partial charge is 0.365 e. The standard InChI is InChI=1S/C25H30N4O5S/c30-24(26-21-16-28(13-17-5-6-17)15-20(21)25(31)27-32)19-9-7-18(8-10-19)14-29-11-12-35(33,34)23-4-2-1-3-22(23)29/h1-4,7-10,17,20-21,32H,5-6,11-16H2,(H,26,30)(H,27,31)/t20-,21+/m0/s1. The molecular formula is C25H30N4O5S. The van der Waals surface area contributed by atoms with Crippen LogP contribution in [-0.2, 0) is 21.2 Å². The predicted molar refractivity (Wildman–Crippen MR) is 130 cm³/mol. The van der Waals surface area contributed by atoms with E-state index >= 15 is 0 Å². The van der Waals surface area contributed by atoms with E-state index in [4.69, 9.17) is 5.21 Å². The summed E-state index contributed by atoms with van der Waals surface area (Å²) >= 11 is 0. The quantitative estimate of drug-likeness (QED) is 0.390. The minimum atomic E-state index is -3.26. The maximum absolute atomic E-state index is 12.9. The van der Waals surface area contributed by atoms with Crippen molar-refractivity contribution in [2.24, 2.45) is 11.8 Å². The Morgan fingerprint density at radius 3 is 2.49 bits per heavy atom. The lowest BCUT2D eigenvalue weighted by molar-refractivity contribution is -0.133. The van der Waals surface area contributed by atoms with Crippen molar-refractivity contribution >= 4 is 27.3 Å². The number of hydrogen-bond donors (Lipinski definition) is 3. The van der Waals surface area contributed by atoms with Crippen molar-refractivity contribution in [1.29, 1.82) is 0 Å². The molecule has 2 amide bonds. The van der Waals surface area contributed by atoms with Gasteiger partial charge in [0.15, 0.2) is 9.84 Å². The number of nitrogens with zero attached hydrogens (tertiary/aromatic N) is 2. The Balaban J connectivity index is 1.24. The second kappa shape index (κ2) is 9.60. The number of carbonyl (C=O) groups excluding carboxylic acids is 2. The van der Waals surface area contributed by atoms with E-state index in [0.717, 1.165) is 12.1 Å². The highest BCUT2D eigenvalue weighted by Gasteiger charge is 2.40. The molecule has 2 heterocycles. The monoisotopic (exact) mass is 498 g/mol. The molecule has 1 saturated heterocycles. The van der Waals surface area contributed by atoms with Gasteiger partial charge < -0.3 is 15.1 Å². The zero-order valence-corrected chi connectivity index (χ0v) is 20.2. The van der Waals surface area contributed by atoms with Gasteiger partial charge in [-0.15, -0.1) is 0 Å². The number of carbonyl (C=O) groups is 2. The normalized spacial score (nSPS) is 23.5. The van der Waals surface area contributed by atoms with Gasteiger partial charge in [-0.05, 0) is 48.6 Å². The molecule has 2 aromatic carbocycles. The minimum absolute atomic E-state index is 0.0756. The third-order valence-electron chi connectivity index (χ3n) is 7.13. The Bertz CT molecular complexity index is 1210. The molecule has 0 radical (unpaired) electrons. The number of anilines is 1. The molecule has 1 aliphatic carbocycles. The van der Waals surface area contributed by atoms with Gasteiger partial charge in [-0.2, -0.15) is 0 Å². The molecule has 2 aromatic rings. The van der Waals surface area contributed by atoms with Gasteiger partial charge in [-0.25, -0.2) is 13.9 Å². The van der Waals surface area contributed by atoms with Crippen LogP contribution in [0.5, 0.6) is 0 Å². The topological polar surface area (TPSA) is 119 Å². The van der Waals surface area contributed by atoms with Crippen LogP contribution in [0.3, 0.4) is 0 Å². The van der Waals surface area contributed by atoms with Crippen molar-refractivity contribution in [3.05, 3.63) is 59.7 Å². The van der Waals surface area contributed by atoms with Gasteiger partial charge in [0.1, 0.15) is 0 Å². The molecule has 186 valence electrons. The molecule has 3 aliphatic rings. The average molecular weight is 499 g/mol. The number of likely N-dealkylation sites (tertiary alicyclic amines) is 1. The Morgan fingerprint density at radius 1 is 1.03 bits per heavy atom. The number of rotatable bonds is 7. The summed E-state index contributed by atoms with van der Waals surface area (Å²) in [6.07, 6.45) is 2.41. The third kappa shape index (κ3) is 5.19. The molecule has 10 heteroatoms. The van der Waals surface area contributed by atoms with Gasteiger partial charge in [0.05, 0.1) is 28.3 Å². The molecule has 2 aliphatic heterocycles. The van der Waals surface area contributed by atoms with Gasteiger partial charge in [-0.3, -0.25) is 14.8 Å². The van der Waals surface area contributed by atoms with Crippen molar-refractivity contribution in [2.75, 3.05) is 36.8 Å². The van der Waals surface area contributed by atoms with Gasteiger partial charge in [0.25, 0.3) is 5.91 Å². The molecule has 35 heavy (non-hydrogen) atoms. The number of amides is 2. The summed E-state index contributed by atoms with van der Waals surface area (Å²) in [5.41, 5.74) is 3.89. The summed E-state index contributed by atoms with van der Waals surface area (Å²) in [5, 5.41) is 12.1. The van der Waals surface area contributed by atoms with Crippen LogP contribution in [0.4, 0.5) is 5.69 Å². The molecule has 5 rings (SSSR count).